The number of aryl methyl sites for hydroxylation is 2. The molecule has 0 spiro atoms. The maximum Gasteiger partial charge on any atom is 0.358 e. The van der Waals surface area contributed by atoms with Crippen molar-refractivity contribution in [1.82, 2.24) is 15.1 Å². The van der Waals surface area contributed by atoms with E-state index in [0.29, 0.717) is 11.4 Å². The number of nitrogens with zero attached hydrogens (tertiary/aromatic N) is 3. The molecule has 4 rings (SSSR count). The summed E-state index contributed by atoms with van der Waals surface area (Å²) in [6.45, 7) is 7.73. The molecule has 0 unspecified atom stereocenters. The van der Waals surface area contributed by atoms with Gasteiger partial charge in [0.25, 0.3) is 5.91 Å². The van der Waals surface area contributed by atoms with E-state index in [1.807, 2.05) is 56.3 Å². The van der Waals surface area contributed by atoms with Crippen molar-refractivity contribution in [3.8, 4) is 5.75 Å². The predicted octanol–water partition coefficient (Wildman–Crippen LogP) is 3.42. The number of anilines is 1. The molecule has 9 heteroatoms. The molecule has 0 bridgehead atoms. The molecule has 0 saturated carbocycles. The van der Waals surface area contributed by atoms with Crippen molar-refractivity contribution >= 4 is 23.5 Å². The quantitative estimate of drug-likeness (QED) is 0.509. The average molecular weight is 491 g/mol. The van der Waals surface area contributed by atoms with Crippen molar-refractivity contribution in [3.05, 3.63) is 76.6 Å². The summed E-state index contributed by atoms with van der Waals surface area (Å²) in [6, 6.07) is 14.5. The molecule has 0 saturated heterocycles. The molecule has 3 aromatic rings. The van der Waals surface area contributed by atoms with Gasteiger partial charge in [0, 0.05) is 23.9 Å². The summed E-state index contributed by atoms with van der Waals surface area (Å²) in [4.78, 5) is 41.4. The number of amides is 2. The molecular weight excluding hydrogens is 460 g/mol. The smallest absolute Gasteiger partial charge is 0.358 e. The molecule has 2 aromatic carbocycles. The molecular formula is C27H30N4O5. The first-order chi connectivity index (χ1) is 17.2. The van der Waals surface area contributed by atoms with Crippen LogP contribution in [0, 0.1) is 13.8 Å². The molecule has 36 heavy (non-hydrogen) atoms. The highest BCUT2D eigenvalue weighted by Gasteiger charge is 2.49. The number of carbonyl (C=O) groups is 3. The molecule has 188 valence electrons. The van der Waals surface area contributed by atoms with Gasteiger partial charge in [-0.1, -0.05) is 35.9 Å². The molecule has 1 atom stereocenters. The number of ether oxygens (including phenoxy) is 2. The molecule has 0 fully saturated rings. The van der Waals surface area contributed by atoms with E-state index in [2.05, 4.69) is 10.4 Å². The fourth-order valence-corrected chi connectivity index (χ4v) is 4.54. The monoisotopic (exact) mass is 490 g/mol. The van der Waals surface area contributed by atoms with Gasteiger partial charge in [0.15, 0.2) is 5.69 Å². The molecule has 1 aliphatic heterocycles. The van der Waals surface area contributed by atoms with E-state index in [1.165, 1.54) is 15.6 Å². The predicted molar refractivity (Wildman–Crippen MR) is 134 cm³/mol. The fraction of sp³-hybridized carbons (Fsp3) is 0.333. The highest BCUT2D eigenvalue weighted by atomic mass is 16.5. The maximum absolute atomic E-state index is 13.9. The van der Waals surface area contributed by atoms with Crippen LogP contribution in [-0.2, 0) is 22.6 Å². The van der Waals surface area contributed by atoms with Gasteiger partial charge in [0.1, 0.15) is 17.0 Å². The number of para-hydroxylation sites is 1. The van der Waals surface area contributed by atoms with Gasteiger partial charge in [0.05, 0.1) is 20.3 Å². The molecule has 1 aliphatic rings. The molecule has 1 aromatic heterocycles. The van der Waals surface area contributed by atoms with Crippen LogP contribution in [0.4, 0.5) is 5.69 Å². The summed E-state index contributed by atoms with van der Waals surface area (Å²) < 4.78 is 11.9. The van der Waals surface area contributed by atoms with Crippen molar-refractivity contribution in [2.24, 2.45) is 0 Å². The SMILES string of the molecule is CCOC(=O)c1cc2n(n1)C[C@](C)(C(=O)NCc1ccccc1OC)N(c1ccc(C)cc1C)C2=O. The fourth-order valence-electron chi connectivity index (χ4n) is 4.54. The van der Waals surface area contributed by atoms with Gasteiger partial charge in [-0.3, -0.25) is 19.2 Å². The number of methoxy groups -OCH3 is 1. The van der Waals surface area contributed by atoms with E-state index in [0.717, 1.165) is 16.7 Å². The van der Waals surface area contributed by atoms with Crippen molar-refractivity contribution in [2.45, 2.75) is 46.3 Å². The van der Waals surface area contributed by atoms with E-state index in [1.54, 1.807) is 21.0 Å². The summed E-state index contributed by atoms with van der Waals surface area (Å²) in [5.41, 5.74) is 2.23. The number of carbonyl (C=O) groups excluding carboxylic acids is 3. The van der Waals surface area contributed by atoms with Crippen LogP contribution in [0.5, 0.6) is 5.75 Å². The van der Waals surface area contributed by atoms with Crippen LogP contribution in [0.15, 0.2) is 48.5 Å². The molecule has 9 nitrogen and oxygen atoms in total. The normalized spacial score (nSPS) is 16.9. The first-order valence-electron chi connectivity index (χ1n) is 11.8. The van der Waals surface area contributed by atoms with Gasteiger partial charge >= 0.3 is 5.97 Å². The minimum Gasteiger partial charge on any atom is -0.496 e. The number of benzene rings is 2. The van der Waals surface area contributed by atoms with Gasteiger partial charge in [-0.25, -0.2) is 4.79 Å². The number of rotatable bonds is 7. The van der Waals surface area contributed by atoms with Crippen LogP contribution < -0.4 is 15.0 Å². The minimum absolute atomic E-state index is 0.0273. The lowest BCUT2D eigenvalue weighted by molar-refractivity contribution is -0.126. The topological polar surface area (TPSA) is 103 Å². The van der Waals surface area contributed by atoms with E-state index in [-0.39, 0.29) is 37.0 Å². The van der Waals surface area contributed by atoms with Crippen molar-refractivity contribution in [1.29, 1.82) is 0 Å². The highest BCUT2D eigenvalue weighted by Crippen LogP contribution is 2.35. The number of aromatic nitrogens is 2. The number of esters is 1. The zero-order valence-electron chi connectivity index (χ0n) is 21.1. The Kier molecular flexibility index (Phi) is 6.83. The second kappa shape index (κ2) is 9.85. The maximum atomic E-state index is 13.9. The Morgan fingerprint density at radius 1 is 1.14 bits per heavy atom. The summed E-state index contributed by atoms with van der Waals surface area (Å²) in [7, 11) is 1.57. The second-order valence-corrected chi connectivity index (χ2v) is 8.99. The summed E-state index contributed by atoms with van der Waals surface area (Å²) in [5, 5.41) is 7.27. The Balaban J connectivity index is 1.75. The van der Waals surface area contributed by atoms with Crippen LogP contribution in [0.3, 0.4) is 0 Å². The first-order valence-corrected chi connectivity index (χ1v) is 11.8. The lowest BCUT2D eigenvalue weighted by atomic mass is 9.92. The summed E-state index contributed by atoms with van der Waals surface area (Å²) in [5.74, 6) is -0.748. The number of nitrogens with one attached hydrogen (secondary N) is 1. The molecule has 2 heterocycles. The average Bonchev–Trinajstić information content (AvgIpc) is 3.28. The van der Waals surface area contributed by atoms with E-state index in [4.69, 9.17) is 9.47 Å². The van der Waals surface area contributed by atoms with E-state index < -0.39 is 17.4 Å². The van der Waals surface area contributed by atoms with Crippen LogP contribution in [0.25, 0.3) is 0 Å². The van der Waals surface area contributed by atoms with Crippen LogP contribution in [0.2, 0.25) is 0 Å². The van der Waals surface area contributed by atoms with Crippen molar-refractivity contribution in [3.63, 3.8) is 0 Å². The van der Waals surface area contributed by atoms with Crippen molar-refractivity contribution in [2.75, 3.05) is 18.6 Å². The van der Waals surface area contributed by atoms with Gasteiger partial charge in [0.2, 0.25) is 5.91 Å². The van der Waals surface area contributed by atoms with Crippen molar-refractivity contribution < 1.29 is 23.9 Å². The molecule has 0 aliphatic carbocycles. The zero-order valence-corrected chi connectivity index (χ0v) is 21.1. The van der Waals surface area contributed by atoms with Gasteiger partial charge < -0.3 is 14.8 Å². The molecule has 1 N–H and O–H groups in total. The minimum atomic E-state index is -1.33. The third-order valence-electron chi connectivity index (χ3n) is 6.35. The third-order valence-corrected chi connectivity index (χ3v) is 6.35. The Hall–Kier alpha value is -4.14. The number of fused-ring (bicyclic) bond motifs is 1. The molecule has 2 amide bonds. The Morgan fingerprint density at radius 3 is 2.58 bits per heavy atom. The summed E-state index contributed by atoms with van der Waals surface area (Å²) >= 11 is 0. The van der Waals surface area contributed by atoms with E-state index >= 15 is 0 Å². The van der Waals surface area contributed by atoms with Gasteiger partial charge in [-0.2, -0.15) is 5.10 Å². The van der Waals surface area contributed by atoms with E-state index in [9.17, 15) is 14.4 Å². The lowest BCUT2D eigenvalue weighted by Crippen LogP contribution is -2.64. The second-order valence-electron chi connectivity index (χ2n) is 8.99. The largest absolute Gasteiger partial charge is 0.496 e. The standard InChI is InChI=1S/C27H30N4O5/c1-6-36-25(33)20-14-22-24(32)31(21-12-11-17(2)13-18(21)3)27(4,16-30(22)29-20)26(34)28-15-19-9-7-8-10-23(19)35-5/h7-14H,6,15-16H2,1-5H3,(H,28,34)/t27-/m1/s1. The van der Waals surface area contributed by atoms with Crippen LogP contribution in [-0.4, -0.2) is 46.8 Å². The highest BCUT2D eigenvalue weighted by molar-refractivity contribution is 6.12. The lowest BCUT2D eigenvalue weighted by Gasteiger charge is -2.43. The Bertz CT molecular complexity index is 1330. The first kappa shape index (κ1) is 25.0. The summed E-state index contributed by atoms with van der Waals surface area (Å²) in [6.07, 6.45) is 0. The Labute approximate surface area is 210 Å². The zero-order chi connectivity index (χ0) is 26.0. The molecule has 0 radical (unpaired) electrons. The van der Waals surface area contributed by atoms with Gasteiger partial charge in [-0.15, -0.1) is 0 Å². The number of hydrogen-bond acceptors (Lipinski definition) is 6. The number of hydrogen-bond donors (Lipinski definition) is 1. The van der Waals surface area contributed by atoms with Gasteiger partial charge in [-0.05, 0) is 45.4 Å². The third kappa shape index (κ3) is 4.44. The Morgan fingerprint density at radius 2 is 1.89 bits per heavy atom. The van der Waals surface area contributed by atoms with Crippen LogP contribution in [0.1, 0.15) is 51.5 Å². The van der Waals surface area contributed by atoms with Crippen LogP contribution >= 0.6 is 0 Å².